The van der Waals surface area contributed by atoms with Gasteiger partial charge in [0.1, 0.15) is 0 Å². The number of rotatable bonds is 2. The van der Waals surface area contributed by atoms with Crippen LogP contribution >= 0.6 is 15.9 Å². The summed E-state index contributed by atoms with van der Waals surface area (Å²) in [5, 5.41) is 0. The molecule has 0 N–H and O–H groups in total. The van der Waals surface area contributed by atoms with E-state index in [0.717, 1.165) is 10.9 Å². The maximum Gasteiger partial charge on any atom is 0.250 e. The SMILES string of the molecule is O=c1ccc(Br)cn1CC1CCC2(CCCC2)O1. The molecule has 1 aromatic heterocycles. The first-order valence-corrected chi connectivity index (χ1v) is 7.50. The van der Waals surface area contributed by atoms with Crippen molar-refractivity contribution < 1.29 is 4.74 Å². The average Bonchev–Trinajstić information content (AvgIpc) is 2.95. The third-order valence-corrected chi connectivity index (χ3v) is 4.67. The smallest absolute Gasteiger partial charge is 0.250 e. The van der Waals surface area contributed by atoms with Crippen molar-refractivity contribution in [3.8, 4) is 0 Å². The molecular weight excluding hydrogens is 294 g/mol. The second-order valence-corrected chi connectivity index (χ2v) is 6.42. The number of nitrogens with zero attached hydrogens (tertiary/aromatic N) is 1. The van der Waals surface area contributed by atoms with Gasteiger partial charge in [-0.25, -0.2) is 0 Å². The summed E-state index contributed by atoms with van der Waals surface area (Å²) in [6.45, 7) is 0.681. The highest BCUT2D eigenvalue weighted by Crippen LogP contribution is 2.43. The largest absolute Gasteiger partial charge is 0.370 e. The van der Waals surface area contributed by atoms with Gasteiger partial charge in [-0.3, -0.25) is 4.79 Å². The van der Waals surface area contributed by atoms with E-state index in [-0.39, 0.29) is 17.3 Å². The van der Waals surface area contributed by atoms with Crippen LogP contribution in [-0.2, 0) is 11.3 Å². The average molecular weight is 312 g/mol. The van der Waals surface area contributed by atoms with E-state index in [9.17, 15) is 4.79 Å². The summed E-state index contributed by atoms with van der Waals surface area (Å²) >= 11 is 3.40. The molecule has 3 rings (SSSR count). The molecule has 0 aromatic carbocycles. The lowest BCUT2D eigenvalue weighted by Gasteiger charge is -2.24. The minimum absolute atomic E-state index is 0.0502. The zero-order valence-electron chi connectivity index (χ0n) is 10.4. The molecule has 1 aliphatic carbocycles. The molecule has 2 aliphatic rings. The fourth-order valence-electron chi connectivity index (χ4n) is 3.28. The number of hydrogen-bond acceptors (Lipinski definition) is 2. The van der Waals surface area contributed by atoms with E-state index in [2.05, 4.69) is 15.9 Å². The van der Waals surface area contributed by atoms with Crippen LogP contribution in [-0.4, -0.2) is 16.3 Å². The second-order valence-electron chi connectivity index (χ2n) is 5.51. The number of halogens is 1. The zero-order chi connectivity index (χ0) is 12.6. The third kappa shape index (κ3) is 2.41. The first-order chi connectivity index (χ1) is 8.67. The van der Waals surface area contributed by atoms with Crippen LogP contribution in [0.15, 0.2) is 27.6 Å². The molecule has 98 valence electrons. The maximum absolute atomic E-state index is 11.8. The maximum atomic E-state index is 11.8. The Morgan fingerprint density at radius 3 is 2.89 bits per heavy atom. The van der Waals surface area contributed by atoms with Gasteiger partial charge in [0.2, 0.25) is 0 Å². The predicted octanol–water partition coefficient (Wildman–Crippen LogP) is 3.10. The van der Waals surface area contributed by atoms with Gasteiger partial charge in [0.15, 0.2) is 0 Å². The van der Waals surface area contributed by atoms with Gasteiger partial charge in [0.25, 0.3) is 5.56 Å². The van der Waals surface area contributed by atoms with E-state index in [1.165, 1.54) is 32.1 Å². The van der Waals surface area contributed by atoms with Gasteiger partial charge < -0.3 is 9.30 Å². The van der Waals surface area contributed by atoms with Crippen molar-refractivity contribution in [2.45, 2.75) is 56.8 Å². The molecule has 1 atom stereocenters. The van der Waals surface area contributed by atoms with Crippen LogP contribution in [0.25, 0.3) is 0 Å². The van der Waals surface area contributed by atoms with Gasteiger partial charge in [0.05, 0.1) is 18.2 Å². The molecule has 2 heterocycles. The standard InChI is InChI=1S/C14H18BrNO2/c15-11-3-4-13(17)16(9-11)10-12-5-8-14(18-12)6-1-2-7-14/h3-4,9,12H,1-2,5-8,10H2. The van der Waals surface area contributed by atoms with Gasteiger partial charge in [-0.15, -0.1) is 0 Å². The fourth-order valence-corrected chi connectivity index (χ4v) is 3.65. The van der Waals surface area contributed by atoms with Crippen LogP contribution < -0.4 is 5.56 Å². The van der Waals surface area contributed by atoms with Gasteiger partial charge in [-0.1, -0.05) is 12.8 Å². The van der Waals surface area contributed by atoms with E-state index >= 15 is 0 Å². The first kappa shape index (κ1) is 12.4. The summed E-state index contributed by atoms with van der Waals surface area (Å²) in [6.07, 6.45) is 9.31. The van der Waals surface area contributed by atoms with E-state index in [0.29, 0.717) is 6.54 Å². The Balaban J connectivity index is 1.71. The van der Waals surface area contributed by atoms with Crippen LogP contribution in [0.1, 0.15) is 38.5 Å². The summed E-state index contributed by atoms with van der Waals surface area (Å²) in [5.41, 5.74) is 0.203. The molecule has 0 amide bonds. The number of pyridine rings is 1. The lowest BCUT2D eigenvalue weighted by atomic mass is 9.98. The van der Waals surface area contributed by atoms with Crippen molar-refractivity contribution in [1.82, 2.24) is 4.57 Å². The second kappa shape index (κ2) is 4.82. The Bertz CT molecular complexity index is 491. The van der Waals surface area contributed by atoms with Crippen molar-refractivity contribution >= 4 is 15.9 Å². The van der Waals surface area contributed by atoms with E-state index < -0.39 is 0 Å². The monoisotopic (exact) mass is 311 g/mol. The molecule has 1 aliphatic heterocycles. The molecule has 1 spiro atoms. The van der Waals surface area contributed by atoms with Gasteiger partial charge in [-0.2, -0.15) is 0 Å². The number of hydrogen-bond donors (Lipinski definition) is 0. The molecule has 4 heteroatoms. The van der Waals surface area contributed by atoms with Crippen LogP contribution in [0, 0.1) is 0 Å². The molecule has 1 saturated carbocycles. The van der Waals surface area contributed by atoms with Crippen molar-refractivity contribution in [3.63, 3.8) is 0 Å². The molecule has 1 aromatic rings. The van der Waals surface area contributed by atoms with Crippen molar-refractivity contribution in [3.05, 3.63) is 33.2 Å². The molecule has 1 saturated heterocycles. The molecule has 18 heavy (non-hydrogen) atoms. The predicted molar refractivity (Wildman–Crippen MR) is 73.7 cm³/mol. The lowest BCUT2D eigenvalue weighted by molar-refractivity contribution is -0.0421. The summed E-state index contributed by atoms with van der Waals surface area (Å²) in [7, 11) is 0. The normalized spacial score (nSPS) is 25.9. The summed E-state index contributed by atoms with van der Waals surface area (Å²) in [6, 6.07) is 3.39. The van der Waals surface area contributed by atoms with Crippen LogP contribution in [0.4, 0.5) is 0 Å². The third-order valence-electron chi connectivity index (χ3n) is 4.20. The molecule has 1 unspecified atom stereocenters. The van der Waals surface area contributed by atoms with Crippen molar-refractivity contribution in [2.24, 2.45) is 0 Å². The molecular formula is C14H18BrNO2. The van der Waals surface area contributed by atoms with Gasteiger partial charge in [0, 0.05) is 16.7 Å². The quantitative estimate of drug-likeness (QED) is 0.840. The number of aromatic nitrogens is 1. The van der Waals surface area contributed by atoms with Gasteiger partial charge >= 0.3 is 0 Å². The molecule has 0 bridgehead atoms. The summed E-state index contributed by atoms with van der Waals surface area (Å²) in [4.78, 5) is 11.8. The van der Waals surface area contributed by atoms with Crippen LogP contribution in [0.5, 0.6) is 0 Å². The Morgan fingerprint density at radius 2 is 2.11 bits per heavy atom. The van der Waals surface area contributed by atoms with Crippen molar-refractivity contribution in [1.29, 1.82) is 0 Å². The van der Waals surface area contributed by atoms with Crippen LogP contribution in [0.3, 0.4) is 0 Å². The topological polar surface area (TPSA) is 31.2 Å². The summed E-state index contributed by atoms with van der Waals surface area (Å²) < 4.78 is 8.93. The first-order valence-electron chi connectivity index (χ1n) is 6.71. The Hall–Kier alpha value is -0.610. The molecule has 2 fully saturated rings. The fraction of sp³-hybridized carbons (Fsp3) is 0.643. The van der Waals surface area contributed by atoms with Crippen LogP contribution in [0.2, 0.25) is 0 Å². The zero-order valence-corrected chi connectivity index (χ0v) is 12.0. The van der Waals surface area contributed by atoms with E-state index in [1.807, 2.05) is 6.20 Å². The number of ether oxygens (including phenoxy) is 1. The molecule has 0 radical (unpaired) electrons. The van der Waals surface area contributed by atoms with E-state index in [4.69, 9.17) is 4.74 Å². The van der Waals surface area contributed by atoms with E-state index in [1.54, 1.807) is 16.7 Å². The Labute approximate surface area is 115 Å². The molecule has 3 nitrogen and oxygen atoms in total. The van der Waals surface area contributed by atoms with Crippen molar-refractivity contribution in [2.75, 3.05) is 0 Å². The highest BCUT2D eigenvalue weighted by atomic mass is 79.9. The highest BCUT2D eigenvalue weighted by molar-refractivity contribution is 9.10. The Kier molecular flexibility index (Phi) is 3.32. The minimum Gasteiger partial charge on any atom is -0.370 e. The lowest BCUT2D eigenvalue weighted by Crippen LogP contribution is -2.29. The highest BCUT2D eigenvalue weighted by Gasteiger charge is 2.42. The summed E-state index contributed by atoms with van der Waals surface area (Å²) in [5.74, 6) is 0. The minimum atomic E-state index is 0.0502. The Morgan fingerprint density at radius 1 is 1.33 bits per heavy atom. The van der Waals surface area contributed by atoms with Gasteiger partial charge in [-0.05, 0) is 47.7 Å².